The van der Waals surface area contributed by atoms with Gasteiger partial charge in [0, 0.05) is 42.9 Å². The molecule has 3 aromatic heterocycles. The molecule has 0 aliphatic carbocycles. The fraction of sp³-hybridized carbons (Fsp3) is 0.353. The van der Waals surface area contributed by atoms with E-state index in [1.54, 1.807) is 11.8 Å². The number of likely N-dealkylation sites (tertiary alicyclic amines) is 1. The minimum Gasteiger partial charge on any atom is -0.346 e. The van der Waals surface area contributed by atoms with Gasteiger partial charge in [-0.2, -0.15) is 0 Å². The molecule has 26 heavy (non-hydrogen) atoms. The first-order valence-electron chi connectivity index (χ1n) is 8.42. The van der Waals surface area contributed by atoms with Crippen LogP contribution in [-0.2, 0) is 9.59 Å². The Labute approximate surface area is 153 Å². The van der Waals surface area contributed by atoms with Crippen LogP contribution in [0.5, 0.6) is 0 Å². The van der Waals surface area contributed by atoms with Gasteiger partial charge in [0.2, 0.25) is 11.8 Å². The number of aromatic amines is 1. The lowest BCUT2D eigenvalue weighted by atomic mass is 9.96. The number of carbonyl (C=O) groups excluding carboxylic acids is 2. The van der Waals surface area contributed by atoms with Gasteiger partial charge in [-0.1, -0.05) is 0 Å². The average Bonchev–Trinajstić information content (AvgIpc) is 3.30. The highest BCUT2D eigenvalue weighted by Crippen LogP contribution is 2.29. The molecular formula is C17H18N6O2S. The summed E-state index contributed by atoms with van der Waals surface area (Å²) in [6.07, 6.45) is 4.67. The smallest absolute Gasteiger partial charge is 0.229 e. The number of anilines is 1. The normalized spacial score (nSPS) is 15.3. The summed E-state index contributed by atoms with van der Waals surface area (Å²) < 4.78 is 0. The minimum absolute atomic E-state index is 0.0384. The molecule has 8 nitrogen and oxygen atoms in total. The quantitative estimate of drug-likeness (QED) is 0.736. The summed E-state index contributed by atoms with van der Waals surface area (Å²) in [6.45, 7) is 2.82. The molecule has 134 valence electrons. The molecule has 2 N–H and O–H groups in total. The van der Waals surface area contributed by atoms with Gasteiger partial charge >= 0.3 is 0 Å². The molecule has 2 amide bonds. The number of H-pyrrole nitrogens is 1. The summed E-state index contributed by atoms with van der Waals surface area (Å²) in [6, 6.07) is 1.91. The molecule has 0 unspecified atom stereocenters. The van der Waals surface area contributed by atoms with Crippen LogP contribution < -0.4 is 5.32 Å². The van der Waals surface area contributed by atoms with Gasteiger partial charge in [0.1, 0.15) is 23.4 Å². The summed E-state index contributed by atoms with van der Waals surface area (Å²) in [5.74, 6) is -0.0636. The van der Waals surface area contributed by atoms with Crippen LogP contribution in [0.15, 0.2) is 24.0 Å². The Morgan fingerprint density at radius 3 is 2.88 bits per heavy atom. The Hall–Kier alpha value is -2.81. The van der Waals surface area contributed by atoms with Crippen LogP contribution in [-0.4, -0.2) is 49.7 Å². The zero-order valence-corrected chi connectivity index (χ0v) is 15.0. The Morgan fingerprint density at radius 1 is 1.31 bits per heavy atom. The second kappa shape index (κ2) is 6.83. The molecule has 3 aromatic rings. The van der Waals surface area contributed by atoms with Crippen LogP contribution in [0, 0.1) is 5.92 Å². The fourth-order valence-corrected chi connectivity index (χ4v) is 3.88. The number of hydrogen-bond acceptors (Lipinski definition) is 6. The molecule has 0 atom stereocenters. The van der Waals surface area contributed by atoms with Crippen LogP contribution in [0.2, 0.25) is 0 Å². The number of fused-ring (bicyclic) bond motifs is 1. The Morgan fingerprint density at radius 2 is 2.12 bits per heavy atom. The zero-order chi connectivity index (χ0) is 18.1. The number of rotatable bonds is 3. The van der Waals surface area contributed by atoms with E-state index in [0.29, 0.717) is 36.8 Å². The Balaban J connectivity index is 1.45. The molecule has 0 aromatic carbocycles. The first kappa shape index (κ1) is 16.6. The molecule has 0 spiro atoms. The monoisotopic (exact) mass is 370 g/mol. The number of aromatic nitrogens is 4. The highest BCUT2D eigenvalue weighted by Gasteiger charge is 2.26. The van der Waals surface area contributed by atoms with Crippen molar-refractivity contribution in [2.45, 2.75) is 19.8 Å². The minimum atomic E-state index is -0.0895. The third-order valence-corrected chi connectivity index (χ3v) is 5.40. The molecular weight excluding hydrogens is 352 g/mol. The van der Waals surface area contributed by atoms with Gasteiger partial charge in [-0.25, -0.2) is 15.0 Å². The molecule has 1 saturated heterocycles. The van der Waals surface area contributed by atoms with Crippen molar-refractivity contribution in [1.82, 2.24) is 24.8 Å². The second-order valence-corrected chi connectivity index (χ2v) is 7.13. The van der Waals surface area contributed by atoms with Crippen LogP contribution in [0.4, 0.5) is 5.13 Å². The van der Waals surface area contributed by atoms with Gasteiger partial charge in [-0.15, -0.1) is 11.3 Å². The molecule has 0 radical (unpaired) electrons. The van der Waals surface area contributed by atoms with E-state index < -0.39 is 0 Å². The maximum Gasteiger partial charge on any atom is 0.229 e. The maximum atomic E-state index is 12.5. The van der Waals surface area contributed by atoms with E-state index in [1.165, 1.54) is 17.7 Å². The van der Waals surface area contributed by atoms with Gasteiger partial charge < -0.3 is 15.2 Å². The maximum absolute atomic E-state index is 12.5. The van der Waals surface area contributed by atoms with Crippen molar-refractivity contribution in [2.24, 2.45) is 5.92 Å². The fourth-order valence-electron chi connectivity index (χ4n) is 3.18. The van der Waals surface area contributed by atoms with Gasteiger partial charge in [0.15, 0.2) is 5.13 Å². The lowest BCUT2D eigenvalue weighted by Gasteiger charge is -2.30. The number of amides is 2. The molecule has 0 bridgehead atoms. The summed E-state index contributed by atoms with van der Waals surface area (Å²) in [5.41, 5.74) is 2.21. The Kier molecular flexibility index (Phi) is 4.37. The van der Waals surface area contributed by atoms with Crippen LogP contribution in [0.25, 0.3) is 22.4 Å². The zero-order valence-electron chi connectivity index (χ0n) is 14.2. The number of nitrogens with zero attached hydrogens (tertiary/aromatic N) is 4. The van der Waals surface area contributed by atoms with E-state index >= 15 is 0 Å². The van der Waals surface area contributed by atoms with Gasteiger partial charge in [0.25, 0.3) is 0 Å². The highest BCUT2D eigenvalue weighted by atomic mass is 32.1. The molecule has 4 rings (SSSR count). The second-order valence-electron chi connectivity index (χ2n) is 6.27. The summed E-state index contributed by atoms with van der Waals surface area (Å²) >= 11 is 1.38. The van der Waals surface area contributed by atoms with Crippen molar-refractivity contribution in [2.75, 3.05) is 18.4 Å². The molecule has 1 aliphatic heterocycles. The molecule has 9 heteroatoms. The summed E-state index contributed by atoms with van der Waals surface area (Å²) in [5, 5.41) is 6.23. The van der Waals surface area contributed by atoms with E-state index in [0.717, 1.165) is 16.7 Å². The van der Waals surface area contributed by atoms with Crippen LogP contribution in [0.3, 0.4) is 0 Å². The summed E-state index contributed by atoms with van der Waals surface area (Å²) in [4.78, 5) is 41.7. The van der Waals surface area contributed by atoms with Gasteiger partial charge in [0.05, 0.1) is 0 Å². The Bertz CT molecular complexity index is 957. The molecule has 1 aliphatic rings. The van der Waals surface area contributed by atoms with E-state index in [1.807, 2.05) is 17.6 Å². The van der Waals surface area contributed by atoms with Gasteiger partial charge in [-0.3, -0.25) is 9.59 Å². The summed E-state index contributed by atoms with van der Waals surface area (Å²) in [7, 11) is 0. The van der Waals surface area contributed by atoms with Crippen molar-refractivity contribution in [3.05, 3.63) is 24.0 Å². The number of thiazole rings is 1. The standard InChI is InChI=1S/C17H18N6O2S/c1-10(24)23-6-3-11(4-7-23)16(25)22-17-21-13(8-26-17)14-12-2-5-18-15(12)20-9-19-14/h2,5,8-9,11H,3-4,6-7H2,1H3,(H,18,19,20)(H,21,22,25). The third kappa shape index (κ3) is 3.17. The first-order valence-corrected chi connectivity index (χ1v) is 9.30. The van der Waals surface area contributed by atoms with Crippen molar-refractivity contribution < 1.29 is 9.59 Å². The van der Waals surface area contributed by atoms with Gasteiger partial charge in [-0.05, 0) is 18.9 Å². The van der Waals surface area contributed by atoms with Crippen LogP contribution in [0.1, 0.15) is 19.8 Å². The highest BCUT2D eigenvalue weighted by molar-refractivity contribution is 7.14. The van der Waals surface area contributed by atoms with Crippen LogP contribution >= 0.6 is 11.3 Å². The molecule has 1 fully saturated rings. The predicted molar refractivity (Wildman–Crippen MR) is 98.6 cm³/mol. The van der Waals surface area contributed by atoms with E-state index in [4.69, 9.17) is 0 Å². The number of hydrogen-bond donors (Lipinski definition) is 2. The third-order valence-electron chi connectivity index (χ3n) is 4.64. The van der Waals surface area contributed by atoms with Crippen molar-refractivity contribution in [3.8, 4) is 11.4 Å². The lowest BCUT2D eigenvalue weighted by molar-refractivity contribution is -0.132. The number of piperidine rings is 1. The number of nitrogens with one attached hydrogen (secondary N) is 2. The lowest BCUT2D eigenvalue weighted by Crippen LogP contribution is -2.40. The largest absolute Gasteiger partial charge is 0.346 e. The SMILES string of the molecule is CC(=O)N1CCC(C(=O)Nc2nc(-c3ncnc4[nH]ccc34)cs2)CC1. The topological polar surface area (TPSA) is 104 Å². The predicted octanol–water partition coefficient (Wildman–Crippen LogP) is 2.28. The average molecular weight is 370 g/mol. The van der Waals surface area contributed by atoms with Crippen molar-refractivity contribution in [1.29, 1.82) is 0 Å². The van der Waals surface area contributed by atoms with Crippen molar-refractivity contribution >= 4 is 39.3 Å². The molecule has 4 heterocycles. The van der Waals surface area contributed by atoms with Crippen molar-refractivity contribution in [3.63, 3.8) is 0 Å². The van der Waals surface area contributed by atoms with E-state index in [-0.39, 0.29) is 17.7 Å². The first-order chi connectivity index (χ1) is 12.6. The molecule has 0 saturated carbocycles. The van der Waals surface area contributed by atoms with E-state index in [9.17, 15) is 9.59 Å². The number of carbonyl (C=O) groups is 2. The van der Waals surface area contributed by atoms with E-state index in [2.05, 4.69) is 25.3 Å².